The standard InChI is InChI=1S/C19H22N4O5/c1-23(2)17(25)11-21-16(24)12-28-19(26)13-7-6-10-20-18(13)22-14-8-4-5-9-15(14)27-3/h4-10H,11-12H2,1-3H3,(H,20,22)(H,21,24). The Kier molecular flexibility index (Phi) is 7.32. The topological polar surface area (TPSA) is 110 Å². The number of benzene rings is 1. The first-order valence-corrected chi connectivity index (χ1v) is 8.41. The first-order chi connectivity index (χ1) is 13.4. The van der Waals surface area contributed by atoms with Gasteiger partial charge in [-0.25, -0.2) is 9.78 Å². The number of hydrogen-bond acceptors (Lipinski definition) is 7. The molecule has 0 radical (unpaired) electrons. The lowest BCUT2D eigenvalue weighted by Crippen LogP contribution is -2.38. The predicted octanol–water partition coefficient (Wildman–Crippen LogP) is 1.19. The predicted molar refractivity (Wildman–Crippen MR) is 102 cm³/mol. The Bertz CT molecular complexity index is 854. The van der Waals surface area contributed by atoms with Crippen molar-refractivity contribution in [1.29, 1.82) is 0 Å². The lowest BCUT2D eigenvalue weighted by molar-refractivity contribution is -0.131. The van der Waals surface area contributed by atoms with Gasteiger partial charge in [-0.15, -0.1) is 0 Å². The minimum Gasteiger partial charge on any atom is -0.495 e. The molecular formula is C19H22N4O5. The number of nitrogens with one attached hydrogen (secondary N) is 2. The number of nitrogens with zero attached hydrogens (tertiary/aromatic N) is 2. The van der Waals surface area contributed by atoms with Crippen LogP contribution in [0.4, 0.5) is 11.5 Å². The van der Waals surface area contributed by atoms with Crippen molar-refractivity contribution in [3.8, 4) is 5.75 Å². The Hall–Kier alpha value is -3.62. The van der Waals surface area contributed by atoms with Crippen LogP contribution in [0.1, 0.15) is 10.4 Å². The Morgan fingerprint density at radius 3 is 2.57 bits per heavy atom. The average molecular weight is 386 g/mol. The van der Waals surface area contributed by atoms with Crippen molar-refractivity contribution in [2.24, 2.45) is 0 Å². The van der Waals surface area contributed by atoms with Crippen molar-refractivity contribution < 1.29 is 23.9 Å². The molecule has 0 aliphatic rings. The highest BCUT2D eigenvalue weighted by atomic mass is 16.5. The number of carbonyl (C=O) groups is 3. The number of anilines is 2. The maximum Gasteiger partial charge on any atom is 0.342 e. The molecule has 0 bridgehead atoms. The molecule has 1 heterocycles. The molecular weight excluding hydrogens is 364 g/mol. The summed E-state index contributed by atoms with van der Waals surface area (Å²) in [6, 6.07) is 10.3. The minimum absolute atomic E-state index is 0.158. The fraction of sp³-hybridized carbons (Fsp3) is 0.263. The summed E-state index contributed by atoms with van der Waals surface area (Å²) in [5, 5.41) is 5.41. The molecule has 9 heteroatoms. The fourth-order valence-corrected chi connectivity index (χ4v) is 2.14. The fourth-order valence-electron chi connectivity index (χ4n) is 2.14. The third kappa shape index (κ3) is 5.70. The van der Waals surface area contributed by atoms with Crippen LogP contribution in [0.5, 0.6) is 5.75 Å². The van der Waals surface area contributed by atoms with Crippen LogP contribution in [0.3, 0.4) is 0 Å². The van der Waals surface area contributed by atoms with E-state index in [1.54, 1.807) is 32.3 Å². The van der Waals surface area contributed by atoms with E-state index >= 15 is 0 Å². The van der Waals surface area contributed by atoms with Crippen molar-refractivity contribution >= 4 is 29.3 Å². The van der Waals surface area contributed by atoms with Crippen LogP contribution in [0.25, 0.3) is 0 Å². The van der Waals surface area contributed by atoms with E-state index in [2.05, 4.69) is 15.6 Å². The summed E-state index contributed by atoms with van der Waals surface area (Å²) in [6.45, 7) is -0.681. The molecule has 1 aromatic carbocycles. The number of rotatable bonds is 8. The monoisotopic (exact) mass is 386 g/mol. The van der Waals surface area contributed by atoms with Crippen LogP contribution < -0.4 is 15.4 Å². The molecule has 148 valence electrons. The van der Waals surface area contributed by atoms with Crippen LogP contribution in [0, 0.1) is 0 Å². The molecule has 0 saturated heterocycles. The van der Waals surface area contributed by atoms with Crippen molar-refractivity contribution in [2.45, 2.75) is 0 Å². The summed E-state index contributed by atoms with van der Waals surface area (Å²) in [7, 11) is 4.69. The summed E-state index contributed by atoms with van der Waals surface area (Å²) in [5.74, 6) is -0.723. The van der Waals surface area contributed by atoms with Gasteiger partial charge in [-0.1, -0.05) is 12.1 Å². The van der Waals surface area contributed by atoms with Gasteiger partial charge in [-0.3, -0.25) is 9.59 Å². The molecule has 28 heavy (non-hydrogen) atoms. The highest BCUT2D eigenvalue weighted by molar-refractivity contribution is 5.97. The van der Waals surface area contributed by atoms with Crippen molar-refractivity contribution in [3.63, 3.8) is 0 Å². The summed E-state index contributed by atoms with van der Waals surface area (Å²) >= 11 is 0. The number of esters is 1. The number of ether oxygens (including phenoxy) is 2. The zero-order valence-corrected chi connectivity index (χ0v) is 15.9. The second-order valence-electron chi connectivity index (χ2n) is 5.87. The third-order valence-corrected chi connectivity index (χ3v) is 3.66. The van der Waals surface area contributed by atoms with Gasteiger partial charge in [0.15, 0.2) is 6.61 Å². The number of amides is 2. The molecule has 0 saturated carbocycles. The first kappa shape index (κ1) is 20.7. The van der Waals surface area contributed by atoms with Gasteiger partial charge in [0, 0.05) is 20.3 Å². The van der Waals surface area contributed by atoms with Crippen molar-refractivity contribution in [1.82, 2.24) is 15.2 Å². The Balaban J connectivity index is 2.00. The van der Waals surface area contributed by atoms with E-state index in [0.29, 0.717) is 11.4 Å². The van der Waals surface area contributed by atoms with Gasteiger partial charge in [-0.05, 0) is 24.3 Å². The van der Waals surface area contributed by atoms with E-state index in [1.165, 1.54) is 24.3 Å². The van der Waals surface area contributed by atoms with Gasteiger partial charge < -0.3 is 25.0 Å². The summed E-state index contributed by atoms with van der Waals surface area (Å²) in [5.41, 5.74) is 0.781. The quantitative estimate of drug-likeness (QED) is 0.656. The second kappa shape index (κ2) is 9.91. The molecule has 2 amide bonds. The van der Waals surface area contributed by atoms with E-state index in [9.17, 15) is 14.4 Å². The second-order valence-corrected chi connectivity index (χ2v) is 5.87. The zero-order valence-electron chi connectivity index (χ0n) is 15.9. The summed E-state index contributed by atoms with van der Waals surface area (Å²) in [4.78, 5) is 41.1. The van der Waals surface area contributed by atoms with Gasteiger partial charge in [0.25, 0.3) is 5.91 Å². The van der Waals surface area contributed by atoms with Crippen LogP contribution >= 0.6 is 0 Å². The van der Waals surface area contributed by atoms with E-state index in [0.717, 1.165) is 0 Å². The van der Waals surface area contributed by atoms with Crippen LogP contribution in [0.2, 0.25) is 0 Å². The molecule has 0 unspecified atom stereocenters. The molecule has 2 rings (SSSR count). The number of hydrogen-bond donors (Lipinski definition) is 2. The largest absolute Gasteiger partial charge is 0.495 e. The molecule has 0 spiro atoms. The van der Waals surface area contributed by atoms with Gasteiger partial charge in [0.2, 0.25) is 5.91 Å². The third-order valence-electron chi connectivity index (χ3n) is 3.66. The molecule has 1 aromatic heterocycles. The number of likely N-dealkylation sites (N-methyl/N-ethyl adjacent to an activating group) is 1. The van der Waals surface area contributed by atoms with Gasteiger partial charge in [0.1, 0.15) is 17.1 Å². The molecule has 2 aromatic rings. The van der Waals surface area contributed by atoms with E-state index < -0.39 is 18.5 Å². The molecule has 9 nitrogen and oxygen atoms in total. The first-order valence-electron chi connectivity index (χ1n) is 8.41. The molecule has 0 fully saturated rings. The number of pyridine rings is 1. The summed E-state index contributed by atoms with van der Waals surface area (Å²) in [6.07, 6.45) is 1.52. The van der Waals surface area contributed by atoms with E-state index in [1.807, 2.05) is 12.1 Å². The van der Waals surface area contributed by atoms with Crippen molar-refractivity contribution in [2.75, 3.05) is 39.7 Å². The SMILES string of the molecule is COc1ccccc1Nc1ncccc1C(=O)OCC(=O)NCC(=O)N(C)C. The lowest BCUT2D eigenvalue weighted by Gasteiger charge is -2.13. The van der Waals surface area contributed by atoms with E-state index in [-0.39, 0.29) is 23.8 Å². The summed E-state index contributed by atoms with van der Waals surface area (Å²) < 4.78 is 10.3. The van der Waals surface area contributed by atoms with Crippen LogP contribution in [-0.4, -0.2) is 62.0 Å². The maximum atomic E-state index is 12.4. The van der Waals surface area contributed by atoms with Crippen LogP contribution in [0.15, 0.2) is 42.6 Å². The Morgan fingerprint density at radius 1 is 1.11 bits per heavy atom. The number of aromatic nitrogens is 1. The molecule has 0 aliphatic carbocycles. The zero-order chi connectivity index (χ0) is 20.5. The normalized spacial score (nSPS) is 9.96. The Morgan fingerprint density at radius 2 is 1.86 bits per heavy atom. The van der Waals surface area contributed by atoms with Gasteiger partial charge >= 0.3 is 5.97 Å². The van der Waals surface area contributed by atoms with Gasteiger partial charge in [-0.2, -0.15) is 0 Å². The smallest absolute Gasteiger partial charge is 0.342 e. The maximum absolute atomic E-state index is 12.4. The number of carbonyl (C=O) groups excluding carboxylic acids is 3. The molecule has 2 N–H and O–H groups in total. The average Bonchev–Trinajstić information content (AvgIpc) is 2.70. The number of methoxy groups -OCH3 is 1. The number of para-hydroxylation sites is 2. The van der Waals surface area contributed by atoms with E-state index in [4.69, 9.17) is 9.47 Å². The van der Waals surface area contributed by atoms with Crippen LogP contribution in [-0.2, 0) is 14.3 Å². The van der Waals surface area contributed by atoms with Gasteiger partial charge in [0.05, 0.1) is 19.3 Å². The lowest BCUT2D eigenvalue weighted by atomic mass is 10.2. The highest BCUT2D eigenvalue weighted by Crippen LogP contribution is 2.27. The Labute approximate surface area is 162 Å². The minimum atomic E-state index is -0.723. The van der Waals surface area contributed by atoms with Crippen molar-refractivity contribution in [3.05, 3.63) is 48.2 Å². The highest BCUT2D eigenvalue weighted by Gasteiger charge is 2.17. The molecule has 0 aliphatic heterocycles. The molecule has 0 atom stereocenters.